The molecule has 1 aromatic rings. The maximum atomic E-state index is 11.8. The molecule has 1 aromatic heterocycles. The van der Waals surface area contributed by atoms with Crippen LogP contribution in [0.4, 0.5) is 0 Å². The molecule has 10 heteroatoms. The molecule has 1 heterocycles. The van der Waals surface area contributed by atoms with Crippen LogP contribution in [-0.2, 0) is 19.6 Å². The highest BCUT2D eigenvalue weighted by atomic mass is 32.2. The number of imidazole rings is 1. The lowest BCUT2D eigenvalue weighted by Crippen LogP contribution is -2.39. The Morgan fingerprint density at radius 1 is 1.29 bits per heavy atom. The van der Waals surface area contributed by atoms with Crippen LogP contribution in [-0.4, -0.2) is 57.9 Å². The highest BCUT2D eigenvalue weighted by Gasteiger charge is 2.29. The van der Waals surface area contributed by atoms with Gasteiger partial charge in [0, 0.05) is 0 Å². The molecule has 0 aliphatic rings. The maximum absolute atomic E-state index is 11.8. The second-order valence-electron chi connectivity index (χ2n) is 2.98. The summed E-state index contributed by atoms with van der Waals surface area (Å²) in [7, 11) is -4.19. The van der Waals surface area contributed by atoms with Crippen molar-refractivity contribution in [1.29, 1.82) is 0 Å². The third-order valence-electron chi connectivity index (χ3n) is 1.71. The largest absolute Gasteiger partial charge is 0.480 e. The fraction of sp³-hybridized carbons (Fsp3) is 0.286. The lowest BCUT2D eigenvalue weighted by molar-refractivity contribution is -0.139. The first kappa shape index (κ1) is 13.1. The molecule has 0 aromatic carbocycles. The summed E-state index contributed by atoms with van der Waals surface area (Å²) in [5.41, 5.74) is 0. The topological polar surface area (TPSA) is 141 Å². The lowest BCUT2D eigenvalue weighted by atomic mass is 10.6. The summed E-state index contributed by atoms with van der Waals surface area (Å²) in [5.74, 6) is -2.90. The van der Waals surface area contributed by atoms with Crippen LogP contribution in [0.1, 0.15) is 0 Å². The molecule has 0 unspecified atom stereocenters. The predicted molar refractivity (Wildman–Crippen MR) is 52.6 cm³/mol. The van der Waals surface area contributed by atoms with E-state index in [1.807, 2.05) is 0 Å². The molecule has 0 aliphatic heterocycles. The molecule has 0 saturated carbocycles. The molecule has 0 amide bonds. The molecule has 1 rings (SSSR count). The van der Waals surface area contributed by atoms with Crippen molar-refractivity contribution in [2.75, 3.05) is 13.1 Å². The van der Waals surface area contributed by atoms with Gasteiger partial charge in [-0.15, -0.1) is 0 Å². The molecule has 94 valence electrons. The molecule has 0 radical (unpaired) electrons. The second kappa shape index (κ2) is 4.93. The number of carboxylic acids is 2. The fourth-order valence-corrected chi connectivity index (χ4v) is 2.29. The van der Waals surface area contributed by atoms with Crippen LogP contribution in [0.25, 0.3) is 0 Å². The van der Waals surface area contributed by atoms with E-state index in [1.54, 1.807) is 0 Å². The van der Waals surface area contributed by atoms with Crippen LogP contribution >= 0.6 is 0 Å². The number of hydrogen-bond donors (Lipinski definition) is 3. The summed E-state index contributed by atoms with van der Waals surface area (Å²) in [4.78, 5) is 26.7. The van der Waals surface area contributed by atoms with Crippen molar-refractivity contribution >= 4 is 22.0 Å². The smallest absolute Gasteiger partial charge is 0.318 e. The Balaban J connectivity index is 3.04. The second-order valence-corrected chi connectivity index (χ2v) is 4.88. The van der Waals surface area contributed by atoms with Gasteiger partial charge in [0.1, 0.15) is 13.1 Å². The van der Waals surface area contributed by atoms with Crippen molar-refractivity contribution in [3.05, 3.63) is 12.5 Å². The molecule has 17 heavy (non-hydrogen) atoms. The van der Waals surface area contributed by atoms with Crippen molar-refractivity contribution in [2.24, 2.45) is 0 Å². The minimum atomic E-state index is -4.19. The standard InChI is InChI=1S/C7H9N3O6S/c11-6(12)2-10(3-7(13)14)17(15,16)5-1-8-4-9-5/h1,4H,2-3H2,(H,8,9)(H,11,12)(H,13,14). The third kappa shape index (κ3) is 3.26. The number of aromatic amines is 1. The number of sulfonamides is 1. The molecule has 0 atom stereocenters. The third-order valence-corrected chi connectivity index (χ3v) is 3.43. The van der Waals surface area contributed by atoms with Crippen molar-refractivity contribution in [3.8, 4) is 0 Å². The van der Waals surface area contributed by atoms with Crippen molar-refractivity contribution in [2.45, 2.75) is 5.03 Å². The van der Waals surface area contributed by atoms with Gasteiger partial charge in [0.2, 0.25) is 0 Å². The summed E-state index contributed by atoms with van der Waals surface area (Å²) >= 11 is 0. The van der Waals surface area contributed by atoms with Crippen LogP contribution in [0.2, 0.25) is 0 Å². The number of aliphatic carboxylic acids is 2. The summed E-state index contributed by atoms with van der Waals surface area (Å²) in [5, 5.41) is 16.7. The first-order chi connectivity index (χ1) is 7.84. The summed E-state index contributed by atoms with van der Waals surface area (Å²) in [6.45, 7) is -1.87. The van der Waals surface area contributed by atoms with Gasteiger partial charge in [0.25, 0.3) is 10.0 Å². The van der Waals surface area contributed by atoms with E-state index in [0.29, 0.717) is 4.31 Å². The number of aromatic nitrogens is 2. The zero-order chi connectivity index (χ0) is 13.1. The average molecular weight is 263 g/mol. The van der Waals surface area contributed by atoms with Crippen LogP contribution in [0.15, 0.2) is 17.6 Å². The van der Waals surface area contributed by atoms with E-state index in [1.165, 1.54) is 0 Å². The van der Waals surface area contributed by atoms with Gasteiger partial charge in [0.15, 0.2) is 5.03 Å². The van der Waals surface area contributed by atoms with E-state index >= 15 is 0 Å². The number of carboxylic acid groups (broad SMARTS) is 2. The first-order valence-corrected chi connectivity index (χ1v) is 5.70. The Morgan fingerprint density at radius 2 is 1.82 bits per heavy atom. The van der Waals surface area contributed by atoms with Crippen molar-refractivity contribution < 1.29 is 28.2 Å². The van der Waals surface area contributed by atoms with Crippen LogP contribution < -0.4 is 0 Å². The number of H-pyrrole nitrogens is 1. The molecule has 3 N–H and O–H groups in total. The molecule has 9 nitrogen and oxygen atoms in total. The Morgan fingerprint density at radius 3 is 2.18 bits per heavy atom. The van der Waals surface area contributed by atoms with E-state index in [4.69, 9.17) is 10.2 Å². The number of carbonyl (C=O) groups is 2. The normalized spacial score (nSPS) is 11.6. The molecular formula is C7H9N3O6S. The molecular weight excluding hydrogens is 254 g/mol. The minimum absolute atomic E-state index is 0.325. The van der Waals surface area contributed by atoms with Gasteiger partial charge in [-0.05, 0) is 0 Å². The van der Waals surface area contributed by atoms with E-state index in [0.717, 1.165) is 12.5 Å². The Hall–Kier alpha value is -1.94. The number of nitrogens with one attached hydrogen (secondary N) is 1. The van der Waals surface area contributed by atoms with Gasteiger partial charge in [-0.3, -0.25) is 9.59 Å². The van der Waals surface area contributed by atoms with Crippen LogP contribution in [0.3, 0.4) is 0 Å². The van der Waals surface area contributed by atoms with Crippen LogP contribution in [0, 0.1) is 0 Å². The average Bonchev–Trinajstić information content (AvgIpc) is 2.68. The summed E-state index contributed by atoms with van der Waals surface area (Å²) in [6.07, 6.45) is 2.05. The Labute approximate surface area is 95.8 Å². The molecule has 0 spiro atoms. The molecule has 0 saturated heterocycles. The van der Waals surface area contributed by atoms with Gasteiger partial charge in [-0.2, -0.15) is 4.31 Å². The Bertz CT molecular complexity index is 492. The number of rotatable bonds is 6. The fourth-order valence-electron chi connectivity index (χ4n) is 1.05. The highest BCUT2D eigenvalue weighted by Crippen LogP contribution is 2.11. The van der Waals surface area contributed by atoms with Gasteiger partial charge in [-0.1, -0.05) is 0 Å². The van der Waals surface area contributed by atoms with E-state index in [-0.39, 0.29) is 5.03 Å². The number of nitrogens with zero attached hydrogens (tertiary/aromatic N) is 2. The monoisotopic (exact) mass is 263 g/mol. The first-order valence-electron chi connectivity index (χ1n) is 4.26. The zero-order valence-electron chi connectivity index (χ0n) is 8.40. The Kier molecular flexibility index (Phi) is 3.81. The van der Waals surface area contributed by atoms with Gasteiger partial charge < -0.3 is 15.2 Å². The van der Waals surface area contributed by atoms with E-state index < -0.39 is 35.1 Å². The quantitative estimate of drug-likeness (QED) is 0.571. The van der Waals surface area contributed by atoms with Crippen LogP contribution in [0.5, 0.6) is 0 Å². The lowest BCUT2D eigenvalue weighted by Gasteiger charge is -2.16. The molecule has 0 fully saturated rings. The summed E-state index contributed by atoms with van der Waals surface area (Å²) in [6, 6.07) is 0. The predicted octanol–water partition coefficient (Wildman–Crippen LogP) is -1.43. The molecule has 0 aliphatic carbocycles. The maximum Gasteiger partial charge on any atom is 0.318 e. The van der Waals surface area contributed by atoms with E-state index in [9.17, 15) is 18.0 Å². The van der Waals surface area contributed by atoms with Gasteiger partial charge >= 0.3 is 11.9 Å². The van der Waals surface area contributed by atoms with Gasteiger partial charge in [-0.25, -0.2) is 13.4 Å². The van der Waals surface area contributed by atoms with Crippen molar-refractivity contribution in [3.63, 3.8) is 0 Å². The highest BCUT2D eigenvalue weighted by molar-refractivity contribution is 7.89. The SMILES string of the molecule is O=C(O)CN(CC(=O)O)S(=O)(=O)c1cnc[nH]1. The van der Waals surface area contributed by atoms with Crippen molar-refractivity contribution in [1.82, 2.24) is 14.3 Å². The van der Waals surface area contributed by atoms with E-state index in [2.05, 4.69) is 9.97 Å². The summed E-state index contributed by atoms with van der Waals surface area (Å²) < 4.78 is 23.9. The zero-order valence-corrected chi connectivity index (χ0v) is 9.22. The minimum Gasteiger partial charge on any atom is -0.480 e. The number of hydrogen-bond acceptors (Lipinski definition) is 5. The molecule has 0 bridgehead atoms. The van der Waals surface area contributed by atoms with Gasteiger partial charge in [0.05, 0.1) is 12.5 Å².